The predicted molar refractivity (Wildman–Crippen MR) is 107 cm³/mol. The molecule has 0 spiro atoms. The molecule has 3 N–H and O–H groups in total. The van der Waals surface area contributed by atoms with Crippen molar-refractivity contribution >= 4 is 37.1 Å². The van der Waals surface area contributed by atoms with Crippen molar-refractivity contribution in [3.05, 3.63) is 30.5 Å². The van der Waals surface area contributed by atoms with E-state index in [9.17, 15) is 16.8 Å². The average Bonchev–Trinajstić information content (AvgIpc) is 2.60. The van der Waals surface area contributed by atoms with Crippen LogP contribution in [0.25, 0.3) is 0 Å². The van der Waals surface area contributed by atoms with Gasteiger partial charge in [0.1, 0.15) is 5.82 Å². The van der Waals surface area contributed by atoms with Gasteiger partial charge in [0.05, 0.1) is 9.79 Å². The summed E-state index contributed by atoms with van der Waals surface area (Å²) in [6.07, 6.45) is 5.56. The second kappa shape index (κ2) is 7.64. The Morgan fingerprint density at radius 3 is 2.32 bits per heavy atom. The summed E-state index contributed by atoms with van der Waals surface area (Å²) in [6, 6.07) is 5.60. The van der Waals surface area contributed by atoms with Crippen LogP contribution in [0.2, 0.25) is 0 Å². The van der Waals surface area contributed by atoms with E-state index < -0.39 is 19.7 Å². The smallest absolute Gasteiger partial charge is 0.227 e. The van der Waals surface area contributed by atoms with Crippen LogP contribution < -0.4 is 16.0 Å². The fourth-order valence-corrected chi connectivity index (χ4v) is 4.42. The molecular weight excluding hydrogens is 402 g/mol. The minimum Gasteiger partial charge on any atom is -0.340 e. The highest BCUT2D eigenvalue weighted by atomic mass is 32.2. The molecule has 1 aliphatic rings. The van der Waals surface area contributed by atoms with Crippen LogP contribution in [0.5, 0.6) is 0 Å². The minimum atomic E-state index is -3.59. The van der Waals surface area contributed by atoms with E-state index in [-0.39, 0.29) is 15.8 Å². The average molecular weight is 426 g/mol. The van der Waals surface area contributed by atoms with E-state index in [1.54, 1.807) is 12.3 Å². The maximum absolute atomic E-state index is 11.9. The number of aromatic nitrogens is 2. The zero-order chi connectivity index (χ0) is 20.5. The maximum Gasteiger partial charge on any atom is 0.227 e. The van der Waals surface area contributed by atoms with Gasteiger partial charge in [-0.1, -0.05) is 0 Å². The number of hydrogen-bond donors (Lipinski definition) is 2. The number of rotatable bonds is 5. The van der Waals surface area contributed by atoms with Crippen LogP contribution in [0.1, 0.15) is 12.8 Å². The number of hydrogen-bond acceptors (Lipinski definition) is 9. The summed E-state index contributed by atoms with van der Waals surface area (Å²) in [5.74, 6) is 0.942. The van der Waals surface area contributed by atoms with Crippen molar-refractivity contribution in [1.82, 2.24) is 9.97 Å². The van der Waals surface area contributed by atoms with Gasteiger partial charge in [-0.05, 0) is 37.1 Å². The number of nitrogens with one attached hydrogen (secondary N) is 1. The Morgan fingerprint density at radius 2 is 1.75 bits per heavy atom. The first-order valence-electron chi connectivity index (χ1n) is 8.68. The first-order chi connectivity index (χ1) is 13.0. The Bertz CT molecular complexity index is 1040. The summed E-state index contributed by atoms with van der Waals surface area (Å²) in [4.78, 5) is 10.6. The standard InChI is InChI=1S/C17H23N5O4S2/c1-27(23,24)14-8-13(9-15(10-14)28(2,25)26)20-16-5-6-19-17(21-16)22-7-3-4-12(18)11-22/h5-6,8-10,12H,3-4,7,11,18H2,1-2H3,(H,19,20,21)/t12-/m0/s1. The maximum atomic E-state index is 11.9. The van der Waals surface area contributed by atoms with Gasteiger partial charge in [0, 0.05) is 43.5 Å². The van der Waals surface area contributed by atoms with Crippen LogP contribution >= 0.6 is 0 Å². The molecular formula is C17H23N5O4S2. The quantitative estimate of drug-likeness (QED) is 0.717. The Balaban J connectivity index is 1.94. The number of anilines is 3. The van der Waals surface area contributed by atoms with Gasteiger partial charge in [0.25, 0.3) is 0 Å². The summed E-state index contributed by atoms with van der Waals surface area (Å²) < 4.78 is 47.8. The molecule has 1 aromatic heterocycles. The largest absolute Gasteiger partial charge is 0.340 e. The number of sulfone groups is 2. The molecule has 0 saturated carbocycles. The van der Waals surface area contributed by atoms with E-state index in [0.717, 1.165) is 38.0 Å². The Hall–Kier alpha value is -2.24. The number of nitrogens with zero attached hydrogens (tertiary/aromatic N) is 3. The Morgan fingerprint density at radius 1 is 1.11 bits per heavy atom. The second-order valence-electron chi connectivity index (χ2n) is 6.95. The molecule has 2 heterocycles. The van der Waals surface area contributed by atoms with Crippen LogP contribution in [0, 0.1) is 0 Å². The highest BCUT2D eigenvalue weighted by Gasteiger charge is 2.20. The molecule has 0 aliphatic carbocycles. The molecule has 1 atom stereocenters. The third-order valence-corrected chi connectivity index (χ3v) is 6.58. The van der Waals surface area contributed by atoms with E-state index in [0.29, 0.717) is 24.0 Å². The minimum absolute atomic E-state index is 0.0673. The fourth-order valence-electron chi connectivity index (χ4n) is 2.98. The number of nitrogens with two attached hydrogens (primary N) is 1. The van der Waals surface area contributed by atoms with Gasteiger partial charge >= 0.3 is 0 Å². The van der Waals surface area contributed by atoms with E-state index in [1.165, 1.54) is 12.1 Å². The molecule has 1 fully saturated rings. The lowest BCUT2D eigenvalue weighted by molar-refractivity contribution is 0.500. The van der Waals surface area contributed by atoms with Gasteiger partial charge in [0.2, 0.25) is 5.95 Å². The highest BCUT2D eigenvalue weighted by Crippen LogP contribution is 2.25. The van der Waals surface area contributed by atoms with Crippen molar-refractivity contribution < 1.29 is 16.8 Å². The zero-order valence-electron chi connectivity index (χ0n) is 15.7. The second-order valence-corrected chi connectivity index (χ2v) is 11.0. The lowest BCUT2D eigenvalue weighted by atomic mass is 10.1. The van der Waals surface area contributed by atoms with Gasteiger partial charge in [-0.3, -0.25) is 0 Å². The molecule has 1 aromatic carbocycles. The summed E-state index contributed by atoms with van der Waals surface area (Å²) in [7, 11) is -7.18. The lowest BCUT2D eigenvalue weighted by Crippen LogP contribution is -2.43. The number of benzene rings is 1. The lowest BCUT2D eigenvalue weighted by Gasteiger charge is -2.30. The summed E-state index contributed by atoms with van der Waals surface area (Å²) >= 11 is 0. The van der Waals surface area contributed by atoms with Crippen molar-refractivity contribution in [3.63, 3.8) is 0 Å². The van der Waals surface area contributed by atoms with Gasteiger partial charge in [-0.25, -0.2) is 21.8 Å². The highest BCUT2D eigenvalue weighted by molar-refractivity contribution is 7.91. The molecule has 3 rings (SSSR count). The molecule has 11 heteroatoms. The van der Waals surface area contributed by atoms with Crippen molar-refractivity contribution in [2.75, 3.05) is 35.8 Å². The van der Waals surface area contributed by atoms with Crippen LogP contribution in [0.4, 0.5) is 17.5 Å². The van der Waals surface area contributed by atoms with Gasteiger partial charge < -0.3 is 16.0 Å². The molecule has 0 radical (unpaired) electrons. The van der Waals surface area contributed by atoms with E-state index in [4.69, 9.17) is 5.73 Å². The third-order valence-electron chi connectivity index (χ3n) is 4.39. The number of piperidine rings is 1. The fraction of sp³-hybridized carbons (Fsp3) is 0.412. The van der Waals surface area contributed by atoms with Crippen molar-refractivity contribution in [2.24, 2.45) is 5.73 Å². The van der Waals surface area contributed by atoms with Crippen molar-refractivity contribution in [2.45, 2.75) is 28.7 Å². The topological polar surface area (TPSA) is 135 Å². The van der Waals surface area contributed by atoms with E-state index >= 15 is 0 Å². The van der Waals surface area contributed by atoms with E-state index in [1.807, 2.05) is 4.90 Å². The monoisotopic (exact) mass is 425 g/mol. The molecule has 1 saturated heterocycles. The summed E-state index contributed by atoms with van der Waals surface area (Å²) in [5, 5.41) is 2.98. The van der Waals surface area contributed by atoms with Gasteiger partial charge in [-0.2, -0.15) is 4.98 Å². The normalized spacial score (nSPS) is 18.1. The third kappa shape index (κ3) is 4.97. The summed E-state index contributed by atoms with van der Waals surface area (Å²) in [5.41, 5.74) is 6.32. The first kappa shape index (κ1) is 20.5. The molecule has 0 bridgehead atoms. The predicted octanol–water partition coefficient (Wildman–Crippen LogP) is 0.955. The summed E-state index contributed by atoms with van der Waals surface area (Å²) in [6.45, 7) is 1.46. The molecule has 2 aromatic rings. The van der Waals surface area contributed by atoms with E-state index in [2.05, 4.69) is 15.3 Å². The Kier molecular flexibility index (Phi) is 5.60. The molecule has 28 heavy (non-hydrogen) atoms. The molecule has 9 nitrogen and oxygen atoms in total. The van der Waals surface area contributed by atoms with Gasteiger partial charge in [0.15, 0.2) is 19.7 Å². The molecule has 0 amide bonds. The van der Waals surface area contributed by atoms with Crippen LogP contribution in [-0.4, -0.2) is 58.4 Å². The molecule has 152 valence electrons. The van der Waals surface area contributed by atoms with Crippen molar-refractivity contribution in [1.29, 1.82) is 0 Å². The Labute approximate surface area is 164 Å². The molecule has 0 unspecified atom stereocenters. The molecule has 1 aliphatic heterocycles. The van der Waals surface area contributed by atoms with Crippen LogP contribution in [0.15, 0.2) is 40.3 Å². The van der Waals surface area contributed by atoms with Crippen LogP contribution in [0.3, 0.4) is 0 Å². The van der Waals surface area contributed by atoms with Crippen molar-refractivity contribution in [3.8, 4) is 0 Å². The first-order valence-corrected chi connectivity index (χ1v) is 12.5. The van der Waals surface area contributed by atoms with Crippen LogP contribution in [-0.2, 0) is 19.7 Å². The SMILES string of the molecule is CS(=O)(=O)c1cc(Nc2ccnc(N3CCC[C@H](N)C3)n2)cc(S(C)(=O)=O)c1. The van der Waals surface area contributed by atoms with Gasteiger partial charge in [-0.15, -0.1) is 0 Å². The zero-order valence-corrected chi connectivity index (χ0v) is 17.3.